The van der Waals surface area contributed by atoms with E-state index in [1.54, 1.807) is 6.33 Å². The van der Waals surface area contributed by atoms with Gasteiger partial charge in [0.2, 0.25) is 5.91 Å². The average Bonchev–Trinajstić information content (AvgIpc) is 2.96. The predicted molar refractivity (Wildman–Crippen MR) is 77.4 cm³/mol. The van der Waals surface area contributed by atoms with E-state index in [4.69, 9.17) is 0 Å². The number of anilines is 1. The third-order valence-electron chi connectivity index (χ3n) is 3.68. The van der Waals surface area contributed by atoms with Gasteiger partial charge in [0.15, 0.2) is 0 Å². The summed E-state index contributed by atoms with van der Waals surface area (Å²) in [5.41, 5.74) is 3.01. The SMILES string of the molecule is CCN(C(=O)C1Cc2nc[nH]c2CN1)c1ccccc1. The molecule has 20 heavy (non-hydrogen) atoms. The van der Waals surface area contributed by atoms with E-state index in [1.807, 2.05) is 42.2 Å². The Morgan fingerprint density at radius 1 is 1.40 bits per heavy atom. The zero-order chi connectivity index (χ0) is 13.9. The van der Waals surface area contributed by atoms with E-state index in [1.165, 1.54) is 0 Å². The van der Waals surface area contributed by atoms with Crippen molar-refractivity contribution in [2.75, 3.05) is 11.4 Å². The summed E-state index contributed by atoms with van der Waals surface area (Å²) >= 11 is 0. The number of amides is 1. The molecular formula is C15H18N4O. The number of benzene rings is 1. The van der Waals surface area contributed by atoms with Crippen LogP contribution >= 0.6 is 0 Å². The third-order valence-corrected chi connectivity index (χ3v) is 3.68. The van der Waals surface area contributed by atoms with Crippen LogP contribution in [-0.2, 0) is 17.8 Å². The number of para-hydroxylation sites is 1. The second-order valence-electron chi connectivity index (χ2n) is 4.88. The van der Waals surface area contributed by atoms with Gasteiger partial charge in [0.05, 0.1) is 23.8 Å². The molecule has 0 aliphatic carbocycles. The Bertz CT molecular complexity index is 593. The first-order valence-corrected chi connectivity index (χ1v) is 6.90. The van der Waals surface area contributed by atoms with Gasteiger partial charge in [0.1, 0.15) is 0 Å². The Morgan fingerprint density at radius 2 is 2.20 bits per heavy atom. The Hall–Kier alpha value is -2.14. The first-order valence-electron chi connectivity index (χ1n) is 6.90. The minimum Gasteiger partial charge on any atom is -0.347 e. The van der Waals surface area contributed by atoms with E-state index in [0.717, 1.165) is 17.1 Å². The molecule has 5 heteroatoms. The normalized spacial score (nSPS) is 17.6. The number of nitrogens with one attached hydrogen (secondary N) is 2. The molecule has 0 bridgehead atoms. The molecule has 2 heterocycles. The van der Waals surface area contributed by atoms with Gasteiger partial charge in [0, 0.05) is 25.2 Å². The van der Waals surface area contributed by atoms with Gasteiger partial charge in [0.25, 0.3) is 0 Å². The van der Waals surface area contributed by atoms with Crippen molar-refractivity contribution in [1.29, 1.82) is 0 Å². The summed E-state index contributed by atoms with van der Waals surface area (Å²) in [5.74, 6) is 0.104. The highest BCUT2D eigenvalue weighted by Crippen LogP contribution is 2.18. The molecule has 2 aromatic rings. The number of nitrogens with zero attached hydrogens (tertiary/aromatic N) is 2. The van der Waals surface area contributed by atoms with Gasteiger partial charge in [-0.15, -0.1) is 0 Å². The van der Waals surface area contributed by atoms with E-state index < -0.39 is 0 Å². The van der Waals surface area contributed by atoms with Crippen LogP contribution in [0.25, 0.3) is 0 Å². The fraction of sp³-hybridized carbons (Fsp3) is 0.333. The number of likely N-dealkylation sites (N-methyl/N-ethyl adjacent to an activating group) is 1. The molecule has 0 saturated heterocycles. The lowest BCUT2D eigenvalue weighted by atomic mass is 10.0. The number of H-pyrrole nitrogens is 1. The van der Waals surface area contributed by atoms with Gasteiger partial charge in [-0.2, -0.15) is 0 Å². The second kappa shape index (κ2) is 5.46. The summed E-state index contributed by atoms with van der Waals surface area (Å²) < 4.78 is 0. The van der Waals surface area contributed by atoms with Crippen molar-refractivity contribution in [3.8, 4) is 0 Å². The largest absolute Gasteiger partial charge is 0.347 e. The summed E-state index contributed by atoms with van der Waals surface area (Å²) in [6.07, 6.45) is 2.33. The number of carbonyl (C=O) groups excluding carboxylic acids is 1. The second-order valence-corrected chi connectivity index (χ2v) is 4.88. The molecule has 1 amide bonds. The Balaban J connectivity index is 1.78. The Morgan fingerprint density at radius 3 is 2.95 bits per heavy atom. The van der Waals surface area contributed by atoms with Gasteiger partial charge in [-0.05, 0) is 19.1 Å². The zero-order valence-corrected chi connectivity index (χ0v) is 11.5. The predicted octanol–water partition coefficient (Wildman–Crippen LogP) is 1.48. The molecular weight excluding hydrogens is 252 g/mol. The summed E-state index contributed by atoms with van der Waals surface area (Å²) in [4.78, 5) is 21.9. The van der Waals surface area contributed by atoms with Crippen LogP contribution in [0.4, 0.5) is 5.69 Å². The van der Waals surface area contributed by atoms with Crippen LogP contribution in [0.1, 0.15) is 18.3 Å². The van der Waals surface area contributed by atoms with Crippen molar-refractivity contribution in [2.45, 2.75) is 25.9 Å². The monoisotopic (exact) mass is 270 g/mol. The maximum Gasteiger partial charge on any atom is 0.244 e. The van der Waals surface area contributed by atoms with Gasteiger partial charge in [-0.3, -0.25) is 10.1 Å². The molecule has 0 radical (unpaired) electrons. The van der Waals surface area contributed by atoms with Crippen LogP contribution in [0.3, 0.4) is 0 Å². The molecule has 104 valence electrons. The Labute approximate surface area is 118 Å². The zero-order valence-electron chi connectivity index (χ0n) is 11.5. The molecule has 5 nitrogen and oxygen atoms in total. The van der Waals surface area contributed by atoms with Crippen molar-refractivity contribution in [3.05, 3.63) is 48.0 Å². The third kappa shape index (κ3) is 2.32. The van der Waals surface area contributed by atoms with Crippen LogP contribution in [-0.4, -0.2) is 28.5 Å². The average molecular weight is 270 g/mol. The highest BCUT2D eigenvalue weighted by molar-refractivity contribution is 5.97. The van der Waals surface area contributed by atoms with Crippen LogP contribution < -0.4 is 10.2 Å². The summed E-state index contributed by atoms with van der Waals surface area (Å²) in [7, 11) is 0. The highest BCUT2D eigenvalue weighted by atomic mass is 16.2. The van der Waals surface area contributed by atoms with Crippen molar-refractivity contribution < 1.29 is 4.79 Å². The smallest absolute Gasteiger partial charge is 0.244 e. The van der Waals surface area contributed by atoms with Gasteiger partial charge >= 0.3 is 0 Å². The van der Waals surface area contributed by atoms with E-state index in [-0.39, 0.29) is 11.9 Å². The number of carbonyl (C=O) groups is 1. The fourth-order valence-electron chi connectivity index (χ4n) is 2.61. The van der Waals surface area contributed by atoms with Crippen molar-refractivity contribution in [2.24, 2.45) is 0 Å². The minimum atomic E-state index is -0.203. The lowest BCUT2D eigenvalue weighted by Gasteiger charge is -2.29. The molecule has 1 unspecified atom stereocenters. The minimum absolute atomic E-state index is 0.104. The molecule has 1 atom stereocenters. The molecule has 1 aliphatic rings. The maximum absolute atomic E-state index is 12.7. The Kier molecular flexibility index (Phi) is 3.52. The van der Waals surface area contributed by atoms with Crippen LogP contribution in [0.2, 0.25) is 0 Å². The number of hydrogen-bond acceptors (Lipinski definition) is 3. The molecule has 0 fully saturated rings. The van der Waals surface area contributed by atoms with E-state index in [0.29, 0.717) is 19.5 Å². The van der Waals surface area contributed by atoms with Crippen LogP contribution in [0.15, 0.2) is 36.7 Å². The quantitative estimate of drug-likeness (QED) is 0.888. The standard InChI is InChI=1S/C15H18N4O/c1-2-19(11-6-4-3-5-7-11)15(20)13-8-12-14(9-16-13)18-10-17-12/h3-7,10,13,16H,2,8-9H2,1H3,(H,17,18). The maximum atomic E-state index is 12.7. The molecule has 2 N–H and O–H groups in total. The van der Waals surface area contributed by atoms with Crippen molar-refractivity contribution in [3.63, 3.8) is 0 Å². The number of imidazole rings is 1. The molecule has 1 aromatic carbocycles. The molecule has 1 aromatic heterocycles. The fourth-order valence-corrected chi connectivity index (χ4v) is 2.61. The number of rotatable bonds is 3. The topological polar surface area (TPSA) is 61.0 Å². The van der Waals surface area contributed by atoms with Gasteiger partial charge in [-0.25, -0.2) is 4.98 Å². The first-order chi connectivity index (χ1) is 9.79. The number of hydrogen-bond donors (Lipinski definition) is 2. The number of aromatic amines is 1. The van der Waals surface area contributed by atoms with Crippen LogP contribution in [0, 0.1) is 0 Å². The van der Waals surface area contributed by atoms with Crippen molar-refractivity contribution >= 4 is 11.6 Å². The molecule has 0 saturated carbocycles. The molecule has 0 spiro atoms. The first kappa shape index (κ1) is 12.9. The lowest BCUT2D eigenvalue weighted by molar-refractivity contribution is -0.120. The summed E-state index contributed by atoms with van der Waals surface area (Å²) in [6, 6.07) is 9.58. The summed E-state index contributed by atoms with van der Waals surface area (Å²) in [6.45, 7) is 3.32. The molecule has 3 rings (SSSR count). The highest BCUT2D eigenvalue weighted by Gasteiger charge is 2.29. The van der Waals surface area contributed by atoms with Crippen LogP contribution in [0.5, 0.6) is 0 Å². The van der Waals surface area contributed by atoms with Crippen molar-refractivity contribution in [1.82, 2.24) is 15.3 Å². The summed E-state index contributed by atoms with van der Waals surface area (Å²) in [5, 5.41) is 3.28. The van der Waals surface area contributed by atoms with Gasteiger partial charge in [-0.1, -0.05) is 18.2 Å². The van der Waals surface area contributed by atoms with E-state index >= 15 is 0 Å². The number of fused-ring (bicyclic) bond motifs is 1. The van der Waals surface area contributed by atoms with E-state index in [9.17, 15) is 4.79 Å². The number of aromatic nitrogens is 2. The lowest BCUT2D eigenvalue weighted by Crippen LogP contribution is -2.49. The molecule has 1 aliphatic heterocycles. The van der Waals surface area contributed by atoms with E-state index in [2.05, 4.69) is 15.3 Å². The van der Waals surface area contributed by atoms with Gasteiger partial charge < -0.3 is 9.88 Å².